The first kappa shape index (κ1) is 11.9. The van der Waals surface area contributed by atoms with Gasteiger partial charge in [-0.1, -0.05) is 30.3 Å². The second kappa shape index (κ2) is 4.74. The van der Waals surface area contributed by atoms with E-state index >= 15 is 0 Å². The second-order valence-electron chi connectivity index (χ2n) is 4.93. The van der Waals surface area contributed by atoms with Crippen molar-refractivity contribution in [1.29, 1.82) is 0 Å². The Hall–Kier alpha value is -0.570. The van der Waals surface area contributed by atoms with Crippen LogP contribution in [-0.2, 0) is 11.3 Å². The van der Waals surface area contributed by atoms with E-state index in [4.69, 9.17) is 4.74 Å². The molecule has 16 heavy (non-hydrogen) atoms. The quantitative estimate of drug-likeness (QED) is 0.786. The van der Waals surface area contributed by atoms with Crippen LogP contribution >= 0.6 is 12.4 Å². The van der Waals surface area contributed by atoms with Crippen LogP contribution in [0.25, 0.3) is 0 Å². The lowest BCUT2D eigenvalue weighted by atomic mass is 9.79. The maximum atomic E-state index is 5.47. The number of halogens is 1. The minimum absolute atomic E-state index is 0. The van der Waals surface area contributed by atoms with Crippen LogP contribution in [0.2, 0.25) is 0 Å². The first-order valence-corrected chi connectivity index (χ1v) is 5.70. The summed E-state index contributed by atoms with van der Waals surface area (Å²) < 4.78 is 5.47. The van der Waals surface area contributed by atoms with Crippen LogP contribution < -0.4 is 0 Å². The van der Waals surface area contributed by atoms with Crippen molar-refractivity contribution in [3.63, 3.8) is 0 Å². The third-order valence-corrected chi connectivity index (χ3v) is 3.55. The average molecular weight is 240 g/mol. The van der Waals surface area contributed by atoms with Crippen LogP contribution in [0.1, 0.15) is 12.0 Å². The Morgan fingerprint density at radius 2 is 1.94 bits per heavy atom. The highest BCUT2D eigenvalue weighted by atomic mass is 35.5. The normalized spacial score (nSPS) is 22.8. The molecule has 0 aliphatic carbocycles. The topological polar surface area (TPSA) is 12.5 Å². The third-order valence-electron chi connectivity index (χ3n) is 3.55. The number of hydrogen-bond acceptors (Lipinski definition) is 2. The second-order valence-corrected chi connectivity index (χ2v) is 4.93. The van der Waals surface area contributed by atoms with Gasteiger partial charge in [0.05, 0.1) is 6.61 Å². The highest BCUT2D eigenvalue weighted by Gasteiger charge is 2.45. The van der Waals surface area contributed by atoms with Crippen LogP contribution in [0.5, 0.6) is 0 Å². The van der Waals surface area contributed by atoms with Crippen LogP contribution in [0.15, 0.2) is 30.3 Å². The van der Waals surface area contributed by atoms with Crippen molar-refractivity contribution in [1.82, 2.24) is 4.90 Å². The molecule has 0 aromatic heterocycles. The minimum atomic E-state index is 0. The van der Waals surface area contributed by atoms with Crippen molar-refractivity contribution in [3.05, 3.63) is 35.9 Å². The van der Waals surface area contributed by atoms with Crippen molar-refractivity contribution < 1.29 is 4.74 Å². The van der Waals surface area contributed by atoms with Crippen molar-refractivity contribution in [2.45, 2.75) is 13.0 Å². The molecule has 0 saturated carbocycles. The lowest BCUT2D eigenvalue weighted by molar-refractivity contribution is -0.0123. The van der Waals surface area contributed by atoms with Gasteiger partial charge < -0.3 is 4.74 Å². The Kier molecular flexibility index (Phi) is 3.53. The molecule has 2 heterocycles. The number of nitrogens with zero attached hydrogens (tertiary/aromatic N) is 1. The molecule has 3 rings (SSSR count). The molecule has 1 aromatic rings. The minimum Gasteiger partial charge on any atom is -0.381 e. The van der Waals surface area contributed by atoms with Crippen molar-refractivity contribution in [2.75, 3.05) is 26.3 Å². The van der Waals surface area contributed by atoms with Gasteiger partial charge in [0.15, 0.2) is 0 Å². The summed E-state index contributed by atoms with van der Waals surface area (Å²) in [7, 11) is 0. The summed E-state index contributed by atoms with van der Waals surface area (Å²) >= 11 is 0. The summed E-state index contributed by atoms with van der Waals surface area (Å²) in [5.41, 5.74) is 1.95. The van der Waals surface area contributed by atoms with Gasteiger partial charge >= 0.3 is 0 Å². The summed E-state index contributed by atoms with van der Waals surface area (Å²) in [5.74, 6) is 0. The molecule has 3 heteroatoms. The van der Waals surface area contributed by atoms with Gasteiger partial charge in [0, 0.05) is 31.7 Å². The van der Waals surface area contributed by atoms with E-state index in [2.05, 4.69) is 35.2 Å². The zero-order valence-corrected chi connectivity index (χ0v) is 10.2. The smallest absolute Gasteiger partial charge is 0.0547 e. The Bertz CT molecular complexity index is 327. The van der Waals surface area contributed by atoms with Gasteiger partial charge in [-0.2, -0.15) is 0 Å². The molecule has 2 aliphatic heterocycles. The molecule has 1 aromatic carbocycles. The number of benzene rings is 1. The van der Waals surface area contributed by atoms with E-state index in [1.54, 1.807) is 0 Å². The van der Waals surface area contributed by atoms with Gasteiger partial charge in [-0.05, 0) is 12.0 Å². The Morgan fingerprint density at radius 1 is 1.19 bits per heavy atom. The van der Waals surface area contributed by atoms with Crippen LogP contribution in [0.4, 0.5) is 0 Å². The Morgan fingerprint density at radius 3 is 2.56 bits per heavy atom. The van der Waals surface area contributed by atoms with Crippen LogP contribution in [0, 0.1) is 5.41 Å². The summed E-state index contributed by atoms with van der Waals surface area (Å²) in [4.78, 5) is 2.52. The van der Waals surface area contributed by atoms with Gasteiger partial charge in [-0.25, -0.2) is 0 Å². The van der Waals surface area contributed by atoms with E-state index in [1.807, 2.05) is 0 Å². The summed E-state index contributed by atoms with van der Waals surface area (Å²) in [6, 6.07) is 10.7. The van der Waals surface area contributed by atoms with Gasteiger partial charge in [0.2, 0.25) is 0 Å². The maximum Gasteiger partial charge on any atom is 0.0547 e. The molecule has 2 fully saturated rings. The third kappa shape index (κ3) is 2.24. The molecule has 1 spiro atoms. The molecule has 2 nitrogen and oxygen atoms in total. The summed E-state index contributed by atoms with van der Waals surface area (Å²) in [6.07, 6.45) is 1.26. The van der Waals surface area contributed by atoms with Crippen molar-refractivity contribution in [2.24, 2.45) is 5.41 Å². The summed E-state index contributed by atoms with van der Waals surface area (Å²) in [6.45, 7) is 5.50. The molecule has 2 aliphatic rings. The molecular formula is C13H18ClNO. The van der Waals surface area contributed by atoms with E-state index in [0.717, 1.165) is 19.8 Å². The predicted octanol–water partition coefficient (Wildman–Crippen LogP) is 2.33. The highest BCUT2D eigenvalue weighted by molar-refractivity contribution is 5.85. The zero-order valence-electron chi connectivity index (χ0n) is 9.39. The number of hydrogen-bond donors (Lipinski definition) is 0. The SMILES string of the molecule is Cl.c1ccc(CN2CC3(CCOC3)C2)cc1. The molecule has 2 saturated heterocycles. The van der Waals surface area contributed by atoms with Crippen LogP contribution in [0.3, 0.4) is 0 Å². The lowest BCUT2D eigenvalue weighted by Crippen LogP contribution is -2.55. The summed E-state index contributed by atoms with van der Waals surface area (Å²) in [5, 5.41) is 0. The van der Waals surface area contributed by atoms with Gasteiger partial charge in [-0.3, -0.25) is 4.90 Å². The molecule has 0 atom stereocenters. The fourth-order valence-electron chi connectivity index (χ4n) is 2.75. The highest BCUT2D eigenvalue weighted by Crippen LogP contribution is 2.38. The molecular weight excluding hydrogens is 222 g/mol. The molecule has 88 valence electrons. The number of rotatable bonds is 2. The number of likely N-dealkylation sites (tertiary alicyclic amines) is 1. The van der Waals surface area contributed by atoms with Crippen LogP contribution in [-0.4, -0.2) is 31.2 Å². The fourth-order valence-corrected chi connectivity index (χ4v) is 2.75. The van der Waals surface area contributed by atoms with E-state index < -0.39 is 0 Å². The molecule has 0 unspecified atom stereocenters. The predicted molar refractivity (Wildman–Crippen MR) is 66.8 cm³/mol. The molecule has 0 N–H and O–H groups in total. The average Bonchev–Trinajstić information content (AvgIpc) is 2.68. The Balaban J connectivity index is 0.000000963. The Labute approximate surface area is 103 Å². The monoisotopic (exact) mass is 239 g/mol. The van der Waals surface area contributed by atoms with E-state index in [0.29, 0.717) is 5.41 Å². The molecule has 0 amide bonds. The first-order valence-electron chi connectivity index (χ1n) is 5.70. The van der Waals surface area contributed by atoms with E-state index in [-0.39, 0.29) is 12.4 Å². The zero-order chi connectivity index (χ0) is 10.1. The molecule has 0 radical (unpaired) electrons. The fraction of sp³-hybridized carbons (Fsp3) is 0.538. The standard InChI is InChI=1S/C13H17NO.ClH/c1-2-4-12(5-3-1)8-14-9-13(10-14)6-7-15-11-13;/h1-5H,6-11H2;1H. The van der Waals surface area contributed by atoms with Crippen molar-refractivity contribution in [3.8, 4) is 0 Å². The molecule has 0 bridgehead atoms. The first-order chi connectivity index (χ1) is 7.36. The van der Waals surface area contributed by atoms with Gasteiger partial charge in [0.25, 0.3) is 0 Å². The largest absolute Gasteiger partial charge is 0.381 e. The number of ether oxygens (including phenoxy) is 1. The maximum absolute atomic E-state index is 5.47. The van der Waals surface area contributed by atoms with E-state index in [1.165, 1.54) is 25.1 Å². The lowest BCUT2D eigenvalue weighted by Gasteiger charge is -2.47. The van der Waals surface area contributed by atoms with Gasteiger partial charge in [-0.15, -0.1) is 12.4 Å². The van der Waals surface area contributed by atoms with E-state index in [9.17, 15) is 0 Å². The van der Waals surface area contributed by atoms with Crippen molar-refractivity contribution >= 4 is 12.4 Å². The van der Waals surface area contributed by atoms with Gasteiger partial charge in [0.1, 0.15) is 0 Å².